The maximum Gasteiger partial charge on any atom is 0.407 e. The van der Waals surface area contributed by atoms with Gasteiger partial charge in [0, 0.05) is 19.6 Å². The highest BCUT2D eigenvalue weighted by molar-refractivity contribution is 5.82. The number of carbonyl (C=O) groups is 2. The second kappa shape index (κ2) is 6.58. The van der Waals surface area contributed by atoms with Crippen LogP contribution in [0.5, 0.6) is 0 Å². The van der Waals surface area contributed by atoms with Crippen LogP contribution in [-0.2, 0) is 9.53 Å². The number of hydrogen-bond donors (Lipinski definition) is 3. The third-order valence-electron chi connectivity index (χ3n) is 2.47. The number of ether oxygens (including phenoxy) is 1. The van der Waals surface area contributed by atoms with Crippen molar-refractivity contribution in [3.05, 3.63) is 0 Å². The summed E-state index contributed by atoms with van der Waals surface area (Å²) in [6, 6.07) is -0.140. The van der Waals surface area contributed by atoms with Gasteiger partial charge >= 0.3 is 6.09 Å². The molecule has 0 aromatic rings. The zero-order valence-electron chi connectivity index (χ0n) is 11.3. The molecule has 1 unspecified atom stereocenters. The van der Waals surface area contributed by atoms with Gasteiger partial charge in [0.2, 0.25) is 5.91 Å². The molecule has 18 heavy (non-hydrogen) atoms. The largest absolute Gasteiger partial charge is 0.444 e. The van der Waals surface area contributed by atoms with Gasteiger partial charge in [0.1, 0.15) is 5.60 Å². The predicted molar refractivity (Wildman–Crippen MR) is 68.3 cm³/mol. The monoisotopic (exact) mass is 257 g/mol. The van der Waals surface area contributed by atoms with E-state index in [1.165, 1.54) is 0 Å². The Bertz CT molecular complexity index is 299. The van der Waals surface area contributed by atoms with Crippen molar-refractivity contribution in [1.82, 2.24) is 16.0 Å². The molecule has 0 aromatic carbocycles. The van der Waals surface area contributed by atoms with Gasteiger partial charge in [-0.1, -0.05) is 0 Å². The van der Waals surface area contributed by atoms with Gasteiger partial charge < -0.3 is 20.7 Å². The summed E-state index contributed by atoms with van der Waals surface area (Å²) >= 11 is 0. The van der Waals surface area contributed by atoms with Crippen LogP contribution in [-0.4, -0.2) is 43.3 Å². The number of rotatable bonds is 4. The van der Waals surface area contributed by atoms with Crippen molar-refractivity contribution >= 4 is 12.0 Å². The fourth-order valence-electron chi connectivity index (χ4n) is 1.69. The molecule has 0 aromatic heterocycles. The van der Waals surface area contributed by atoms with E-state index in [2.05, 4.69) is 16.0 Å². The van der Waals surface area contributed by atoms with Gasteiger partial charge in [-0.25, -0.2) is 4.79 Å². The van der Waals surface area contributed by atoms with E-state index in [9.17, 15) is 9.59 Å². The number of carbonyl (C=O) groups excluding carboxylic acids is 2. The van der Waals surface area contributed by atoms with Crippen LogP contribution in [0, 0.1) is 0 Å². The molecular weight excluding hydrogens is 234 g/mol. The van der Waals surface area contributed by atoms with E-state index in [-0.39, 0.29) is 11.9 Å². The maximum atomic E-state index is 11.4. The zero-order chi connectivity index (χ0) is 13.6. The molecular formula is C12H23N3O3. The van der Waals surface area contributed by atoms with Gasteiger partial charge in [0.25, 0.3) is 0 Å². The van der Waals surface area contributed by atoms with Gasteiger partial charge in [0.05, 0.1) is 6.04 Å². The lowest BCUT2D eigenvalue weighted by atomic mass is 10.1. The summed E-state index contributed by atoms with van der Waals surface area (Å²) in [4.78, 5) is 22.8. The van der Waals surface area contributed by atoms with E-state index in [1.807, 2.05) is 20.8 Å². The number of alkyl carbamates (subject to hydrolysis) is 1. The first-order valence-electron chi connectivity index (χ1n) is 6.36. The molecule has 1 saturated heterocycles. The van der Waals surface area contributed by atoms with Crippen LogP contribution in [0.2, 0.25) is 0 Å². The molecule has 2 amide bonds. The average Bonchev–Trinajstić information content (AvgIpc) is 2.24. The lowest BCUT2D eigenvalue weighted by Crippen LogP contribution is -2.50. The normalized spacial score (nSPS) is 20.2. The summed E-state index contributed by atoms with van der Waals surface area (Å²) in [5, 5.41) is 8.54. The minimum Gasteiger partial charge on any atom is -0.444 e. The van der Waals surface area contributed by atoms with Crippen LogP contribution >= 0.6 is 0 Å². The van der Waals surface area contributed by atoms with Crippen LogP contribution < -0.4 is 16.0 Å². The quantitative estimate of drug-likeness (QED) is 0.636. The second-order valence-corrected chi connectivity index (χ2v) is 5.37. The van der Waals surface area contributed by atoms with Gasteiger partial charge in [-0.3, -0.25) is 4.79 Å². The van der Waals surface area contributed by atoms with Gasteiger partial charge in [-0.15, -0.1) is 0 Å². The van der Waals surface area contributed by atoms with E-state index >= 15 is 0 Å². The smallest absolute Gasteiger partial charge is 0.407 e. The second-order valence-electron chi connectivity index (χ2n) is 5.37. The van der Waals surface area contributed by atoms with Crippen molar-refractivity contribution in [1.29, 1.82) is 0 Å². The Morgan fingerprint density at radius 2 is 2.17 bits per heavy atom. The lowest BCUT2D eigenvalue weighted by Gasteiger charge is -2.23. The van der Waals surface area contributed by atoms with E-state index in [1.54, 1.807) is 0 Å². The van der Waals surface area contributed by atoms with E-state index in [0.29, 0.717) is 13.1 Å². The predicted octanol–water partition coefficient (Wildman–Crippen LogP) is 0.379. The molecule has 1 aliphatic rings. The van der Waals surface area contributed by atoms with Crippen LogP contribution in [0.1, 0.15) is 33.6 Å². The SMILES string of the molecule is CC(C)(C)OC(=O)NCCNC1CCCNC1=O. The van der Waals surface area contributed by atoms with Crippen LogP contribution in [0.25, 0.3) is 0 Å². The molecule has 1 aliphatic heterocycles. The van der Waals surface area contributed by atoms with Crippen LogP contribution in [0.4, 0.5) is 4.79 Å². The Hall–Kier alpha value is -1.30. The Morgan fingerprint density at radius 3 is 2.78 bits per heavy atom. The highest BCUT2D eigenvalue weighted by Gasteiger charge is 2.21. The first-order valence-corrected chi connectivity index (χ1v) is 6.36. The summed E-state index contributed by atoms with van der Waals surface area (Å²) in [5.41, 5.74) is -0.485. The number of amides is 2. The van der Waals surface area contributed by atoms with Crippen molar-refractivity contribution < 1.29 is 14.3 Å². The number of piperidine rings is 1. The third-order valence-corrected chi connectivity index (χ3v) is 2.47. The molecule has 3 N–H and O–H groups in total. The molecule has 1 atom stereocenters. The van der Waals surface area contributed by atoms with Gasteiger partial charge in [-0.2, -0.15) is 0 Å². The van der Waals surface area contributed by atoms with Gasteiger partial charge in [-0.05, 0) is 33.6 Å². The standard InChI is InChI=1S/C12H23N3O3/c1-12(2,3)18-11(17)15-8-7-13-9-5-4-6-14-10(9)16/h9,13H,4-8H2,1-3H3,(H,14,16)(H,15,17). The molecule has 1 fully saturated rings. The van der Waals surface area contributed by atoms with E-state index in [0.717, 1.165) is 19.4 Å². The van der Waals surface area contributed by atoms with Crippen molar-refractivity contribution in [2.45, 2.75) is 45.3 Å². The Labute approximate surface area is 108 Å². The van der Waals surface area contributed by atoms with Crippen molar-refractivity contribution in [2.75, 3.05) is 19.6 Å². The van der Waals surface area contributed by atoms with Crippen molar-refractivity contribution in [2.24, 2.45) is 0 Å². The topological polar surface area (TPSA) is 79.5 Å². The third kappa shape index (κ3) is 5.86. The molecule has 0 aliphatic carbocycles. The van der Waals surface area contributed by atoms with Crippen LogP contribution in [0.15, 0.2) is 0 Å². The number of nitrogens with one attached hydrogen (secondary N) is 3. The minimum atomic E-state index is -0.485. The first-order chi connectivity index (χ1) is 8.38. The maximum absolute atomic E-state index is 11.4. The summed E-state index contributed by atoms with van der Waals surface area (Å²) in [5.74, 6) is 0.0403. The Balaban J connectivity index is 2.11. The number of hydrogen-bond acceptors (Lipinski definition) is 4. The van der Waals surface area contributed by atoms with Crippen LogP contribution in [0.3, 0.4) is 0 Å². The zero-order valence-corrected chi connectivity index (χ0v) is 11.3. The fourth-order valence-corrected chi connectivity index (χ4v) is 1.69. The molecule has 6 nitrogen and oxygen atoms in total. The summed E-state index contributed by atoms with van der Waals surface area (Å²) in [6.45, 7) is 7.20. The highest BCUT2D eigenvalue weighted by atomic mass is 16.6. The molecule has 0 bridgehead atoms. The molecule has 1 rings (SSSR count). The first kappa shape index (κ1) is 14.8. The summed E-state index contributed by atoms with van der Waals surface area (Å²) < 4.78 is 5.09. The molecule has 6 heteroatoms. The fraction of sp³-hybridized carbons (Fsp3) is 0.833. The average molecular weight is 257 g/mol. The Morgan fingerprint density at radius 1 is 1.44 bits per heavy atom. The molecule has 0 spiro atoms. The van der Waals surface area contributed by atoms with E-state index < -0.39 is 11.7 Å². The van der Waals surface area contributed by atoms with Crippen molar-refractivity contribution in [3.8, 4) is 0 Å². The van der Waals surface area contributed by atoms with Crippen molar-refractivity contribution in [3.63, 3.8) is 0 Å². The molecule has 1 heterocycles. The molecule has 104 valence electrons. The molecule has 0 saturated carbocycles. The van der Waals surface area contributed by atoms with Gasteiger partial charge in [0.15, 0.2) is 0 Å². The lowest BCUT2D eigenvalue weighted by molar-refractivity contribution is -0.124. The van der Waals surface area contributed by atoms with E-state index in [4.69, 9.17) is 4.74 Å². The highest BCUT2D eigenvalue weighted by Crippen LogP contribution is 2.06. The minimum absolute atomic E-state index is 0.0403. The molecule has 0 radical (unpaired) electrons. The summed E-state index contributed by atoms with van der Waals surface area (Å²) in [6.07, 6.45) is 1.40. The Kier molecular flexibility index (Phi) is 5.40. The summed E-state index contributed by atoms with van der Waals surface area (Å²) in [7, 11) is 0.